The van der Waals surface area contributed by atoms with E-state index in [1.165, 1.54) is 0 Å². The minimum absolute atomic E-state index is 0.729. The summed E-state index contributed by atoms with van der Waals surface area (Å²) in [4.78, 5) is 0. The van der Waals surface area contributed by atoms with Gasteiger partial charge in [-0.15, -0.1) is 0 Å². The Morgan fingerprint density at radius 3 is 2.42 bits per heavy atom. The van der Waals surface area contributed by atoms with Gasteiger partial charge in [0.15, 0.2) is 0 Å². The molecule has 0 aromatic heterocycles. The highest BCUT2D eigenvalue weighted by atomic mass is 32.8. The summed E-state index contributed by atoms with van der Waals surface area (Å²) >= 11 is 4.79. The summed E-state index contributed by atoms with van der Waals surface area (Å²) in [5.41, 5.74) is 0.973. The van der Waals surface area contributed by atoms with E-state index in [2.05, 4.69) is 0 Å². The van der Waals surface area contributed by atoms with Crippen LogP contribution in [0.3, 0.4) is 0 Å². The third-order valence-corrected chi connectivity index (χ3v) is 2.91. The molecule has 0 amide bonds. The van der Waals surface area contributed by atoms with Crippen LogP contribution in [-0.4, -0.2) is 11.1 Å². The largest absolute Gasteiger partial charge is 0.311 e. The third-order valence-electron chi connectivity index (χ3n) is 1.52. The molecule has 0 saturated heterocycles. The summed E-state index contributed by atoms with van der Waals surface area (Å²) in [7, 11) is -1.09. The molecule has 12 heavy (non-hydrogen) atoms. The normalized spacial score (nSPS) is 12.5. The van der Waals surface area contributed by atoms with E-state index in [0.29, 0.717) is 0 Å². The van der Waals surface area contributed by atoms with Crippen LogP contribution in [0.4, 0.5) is 5.69 Å². The van der Waals surface area contributed by atoms with Crippen molar-refractivity contribution in [1.82, 2.24) is 0 Å². The highest BCUT2D eigenvalue weighted by Crippen LogP contribution is 2.13. The standard InChI is InChI=1S/C8H11NOS2/c1-2-9(12(10)11)8-6-4-3-5-7-8/h3-7H,2H2,1H3,(H,10,11). The average Bonchev–Trinajstić information content (AvgIpc) is 2.07. The second kappa shape index (κ2) is 4.54. The van der Waals surface area contributed by atoms with Gasteiger partial charge < -0.3 is 4.55 Å². The van der Waals surface area contributed by atoms with Crippen LogP contribution >= 0.6 is 0 Å². The number of anilines is 1. The molecule has 2 nitrogen and oxygen atoms in total. The Bertz CT molecular complexity index is 263. The molecule has 0 radical (unpaired) electrons. The zero-order chi connectivity index (χ0) is 8.97. The summed E-state index contributed by atoms with van der Waals surface area (Å²) in [5, 5.41) is 0. The number of nitrogens with zero attached hydrogens (tertiary/aromatic N) is 1. The summed E-state index contributed by atoms with van der Waals surface area (Å²) in [5.74, 6) is 0. The van der Waals surface area contributed by atoms with Crippen LogP contribution in [0.1, 0.15) is 6.92 Å². The summed E-state index contributed by atoms with van der Waals surface area (Å²) in [6.07, 6.45) is 0. The van der Waals surface area contributed by atoms with Crippen molar-refractivity contribution < 1.29 is 4.55 Å². The minimum Gasteiger partial charge on any atom is -0.311 e. The van der Waals surface area contributed by atoms with Crippen LogP contribution in [0.2, 0.25) is 0 Å². The highest BCUT2D eigenvalue weighted by Gasteiger charge is 2.04. The van der Waals surface area contributed by atoms with Gasteiger partial charge in [0, 0.05) is 23.4 Å². The van der Waals surface area contributed by atoms with Gasteiger partial charge in [0.1, 0.15) is 9.92 Å². The lowest BCUT2D eigenvalue weighted by atomic mass is 10.3. The maximum Gasteiger partial charge on any atom is 0.108 e. The van der Waals surface area contributed by atoms with Gasteiger partial charge in [-0.25, -0.2) is 0 Å². The third kappa shape index (κ3) is 2.27. The fraction of sp³-hybridized carbons (Fsp3) is 0.250. The van der Waals surface area contributed by atoms with Crippen LogP contribution in [0.25, 0.3) is 0 Å². The van der Waals surface area contributed by atoms with E-state index in [-0.39, 0.29) is 0 Å². The number of rotatable bonds is 3. The van der Waals surface area contributed by atoms with E-state index in [1.807, 2.05) is 37.3 Å². The van der Waals surface area contributed by atoms with Gasteiger partial charge in [-0.1, -0.05) is 18.2 Å². The Hall–Kier alpha value is -0.450. The van der Waals surface area contributed by atoms with Gasteiger partial charge in [-0.2, -0.15) is 0 Å². The Labute approximate surface area is 79.8 Å². The molecule has 0 heterocycles. The second-order valence-corrected chi connectivity index (χ2v) is 4.06. The van der Waals surface area contributed by atoms with Crippen molar-refractivity contribution in [1.29, 1.82) is 0 Å². The molecular weight excluding hydrogens is 190 g/mol. The summed E-state index contributed by atoms with van der Waals surface area (Å²) < 4.78 is 11.0. The smallest absolute Gasteiger partial charge is 0.108 e. The number of para-hydroxylation sites is 1. The molecule has 0 fully saturated rings. The van der Waals surface area contributed by atoms with Gasteiger partial charge in [0.2, 0.25) is 0 Å². The fourth-order valence-electron chi connectivity index (χ4n) is 0.977. The molecule has 1 unspecified atom stereocenters. The van der Waals surface area contributed by atoms with E-state index < -0.39 is 9.92 Å². The van der Waals surface area contributed by atoms with Crippen molar-refractivity contribution >= 4 is 26.8 Å². The lowest BCUT2D eigenvalue weighted by molar-refractivity contribution is 0.651. The van der Waals surface area contributed by atoms with Crippen LogP contribution in [0.15, 0.2) is 30.3 Å². The van der Waals surface area contributed by atoms with Crippen molar-refractivity contribution in [3.8, 4) is 0 Å². The molecule has 1 atom stereocenters. The Morgan fingerprint density at radius 2 is 2.00 bits per heavy atom. The topological polar surface area (TPSA) is 23.5 Å². The van der Waals surface area contributed by atoms with Crippen molar-refractivity contribution in [3.63, 3.8) is 0 Å². The molecule has 0 bridgehead atoms. The lowest BCUT2D eigenvalue weighted by Gasteiger charge is -2.19. The van der Waals surface area contributed by atoms with Crippen molar-refractivity contribution in [3.05, 3.63) is 30.3 Å². The van der Waals surface area contributed by atoms with Gasteiger partial charge in [-0.3, -0.25) is 4.31 Å². The van der Waals surface area contributed by atoms with Gasteiger partial charge in [0.25, 0.3) is 0 Å². The van der Waals surface area contributed by atoms with Crippen LogP contribution in [0, 0.1) is 0 Å². The predicted molar refractivity (Wildman–Crippen MR) is 56.8 cm³/mol. The van der Waals surface area contributed by atoms with Crippen molar-refractivity contribution in [2.24, 2.45) is 0 Å². The molecule has 0 aliphatic carbocycles. The highest BCUT2D eigenvalue weighted by molar-refractivity contribution is 8.26. The molecule has 1 N–H and O–H groups in total. The van der Waals surface area contributed by atoms with Crippen LogP contribution < -0.4 is 4.31 Å². The molecule has 0 saturated carbocycles. The van der Waals surface area contributed by atoms with Gasteiger partial charge in [0.05, 0.1) is 0 Å². The van der Waals surface area contributed by atoms with E-state index in [0.717, 1.165) is 12.2 Å². The summed E-state index contributed by atoms with van der Waals surface area (Å²) in [6, 6.07) is 9.68. The average molecular weight is 201 g/mol. The zero-order valence-electron chi connectivity index (χ0n) is 6.80. The first-order valence-electron chi connectivity index (χ1n) is 3.69. The molecule has 1 aromatic carbocycles. The predicted octanol–water partition coefficient (Wildman–Crippen LogP) is 1.98. The minimum atomic E-state index is -1.09. The van der Waals surface area contributed by atoms with Crippen molar-refractivity contribution in [2.45, 2.75) is 6.92 Å². The first-order valence-corrected chi connectivity index (χ1v) is 5.75. The van der Waals surface area contributed by atoms with E-state index in [4.69, 9.17) is 11.2 Å². The Kier molecular flexibility index (Phi) is 3.65. The molecule has 0 aliphatic heterocycles. The molecule has 66 valence electrons. The van der Waals surface area contributed by atoms with Crippen LogP contribution in [-0.2, 0) is 21.1 Å². The molecule has 0 aliphatic rings. The fourth-order valence-corrected chi connectivity index (χ4v) is 2.07. The molecule has 1 rings (SSSR count). The zero-order valence-corrected chi connectivity index (χ0v) is 8.44. The maximum absolute atomic E-state index is 9.23. The van der Waals surface area contributed by atoms with E-state index >= 15 is 0 Å². The molecule has 0 spiro atoms. The Morgan fingerprint density at radius 1 is 1.42 bits per heavy atom. The number of benzene rings is 1. The quantitative estimate of drug-likeness (QED) is 0.809. The van der Waals surface area contributed by atoms with Crippen LogP contribution in [0.5, 0.6) is 0 Å². The Balaban J connectivity index is 2.88. The molecule has 4 heteroatoms. The second-order valence-electron chi connectivity index (χ2n) is 2.26. The molecular formula is C8H11NOS2. The van der Waals surface area contributed by atoms with E-state index in [9.17, 15) is 4.55 Å². The number of hydrogen-bond donors (Lipinski definition) is 1. The van der Waals surface area contributed by atoms with E-state index in [1.54, 1.807) is 4.31 Å². The number of hydrogen-bond acceptors (Lipinski definition) is 1. The monoisotopic (exact) mass is 201 g/mol. The first kappa shape index (κ1) is 9.64. The molecule has 1 aromatic rings. The van der Waals surface area contributed by atoms with Gasteiger partial charge >= 0.3 is 0 Å². The summed E-state index contributed by atoms with van der Waals surface area (Å²) in [6.45, 7) is 2.70. The first-order chi connectivity index (χ1) is 5.75. The van der Waals surface area contributed by atoms with Crippen molar-refractivity contribution in [2.75, 3.05) is 10.8 Å². The maximum atomic E-state index is 9.23. The SMILES string of the molecule is CCN(c1ccccc1)S(O)=S. The van der Waals surface area contributed by atoms with Gasteiger partial charge in [-0.05, 0) is 19.1 Å². The lowest BCUT2D eigenvalue weighted by Crippen LogP contribution is -2.23.